The van der Waals surface area contributed by atoms with Crippen LogP contribution in [0.2, 0.25) is 0 Å². The molecule has 0 radical (unpaired) electrons. The number of hydrogen-bond acceptors (Lipinski definition) is 4. The largest absolute Gasteiger partial charge is 0.381 e. The molecule has 3 rings (SSSR count). The Morgan fingerprint density at radius 1 is 1.33 bits per heavy atom. The molecule has 21 heavy (non-hydrogen) atoms. The molecule has 0 bridgehead atoms. The molecule has 2 N–H and O–H groups in total. The van der Waals surface area contributed by atoms with Crippen molar-refractivity contribution >= 4 is 11.9 Å². The zero-order valence-corrected chi connectivity index (χ0v) is 11.3. The number of aromatic nitrogens is 3. The highest BCUT2D eigenvalue weighted by Crippen LogP contribution is 2.20. The Balaban J connectivity index is 1.70. The minimum Gasteiger partial charge on any atom is -0.381 e. The first kappa shape index (κ1) is 13.7. The van der Waals surface area contributed by atoms with Crippen LogP contribution in [-0.4, -0.2) is 34.3 Å². The Morgan fingerprint density at radius 2 is 2.10 bits per heavy atom. The van der Waals surface area contributed by atoms with E-state index >= 15 is 0 Å². The van der Waals surface area contributed by atoms with E-state index in [1.807, 2.05) is 0 Å². The minimum absolute atomic E-state index is 0.0887. The zero-order chi connectivity index (χ0) is 14.7. The van der Waals surface area contributed by atoms with Crippen molar-refractivity contribution < 1.29 is 13.9 Å². The number of aromatic amines is 1. The average molecular weight is 290 g/mol. The van der Waals surface area contributed by atoms with Crippen LogP contribution in [0.5, 0.6) is 0 Å². The molecule has 0 aliphatic carbocycles. The molecule has 1 aliphatic rings. The summed E-state index contributed by atoms with van der Waals surface area (Å²) in [6.07, 6.45) is 1.38. The van der Waals surface area contributed by atoms with E-state index in [2.05, 4.69) is 20.5 Å². The lowest BCUT2D eigenvalue weighted by atomic mass is 10.00. The van der Waals surface area contributed by atoms with Crippen LogP contribution in [0.25, 0.3) is 11.4 Å². The highest BCUT2D eigenvalue weighted by Gasteiger charge is 2.22. The third-order valence-electron chi connectivity index (χ3n) is 3.44. The van der Waals surface area contributed by atoms with Gasteiger partial charge >= 0.3 is 0 Å². The van der Waals surface area contributed by atoms with Gasteiger partial charge in [-0.2, -0.15) is 4.98 Å². The number of ether oxygens (including phenoxy) is 1. The number of benzene rings is 1. The number of nitrogens with zero attached hydrogens (tertiary/aromatic N) is 2. The van der Waals surface area contributed by atoms with Crippen molar-refractivity contribution in [3.8, 4) is 11.4 Å². The molecule has 7 heteroatoms. The van der Waals surface area contributed by atoms with Gasteiger partial charge in [-0.15, -0.1) is 5.10 Å². The summed E-state index contributed by atoms with van der Waals surface area (Å²) in [5.74, 6) is -0.164. The summed E-state index contributed by atoms with van der Waals surface area (Å²) < 4.78 is 18.9. The van der Waals surface area contributed by atoms with Crippen molar-refractivity contribution in [1.29, 1.82) is 0 Å². The first-order valence-electron chi connectivity index (χ1n) is 6.80. The van der Waals surface area contributed by atoms with Gasteiger partial charge < -0.3 is 4.74 Å². The van der Waals surface area contributed by atoms with Crippen molar-refractivity contribution in [1.82, 2.24) is 15.2 Å². The van der Waals surface area contributed by atoms with Gasteiger partial charge in [0.05, 0.1) is 5.56 Å². The summed E-state index contributed by atoms with van der Waals surface area (Å²) in [6, 6.07) is 6.25. The van der Waals surface area contributed by atoms with Gasteiger partial charge in [-0.1, -0.05) is 12.1 Å². The summed E-state index contributed by atoms with van der Waals surface area (Å²) in [5.41, 5.74) is 0.316. The number of rotatable bonds is 3. The molecule has 1 saturated heterocycles. The van der Waals surface area contributed by atoms with Gasteiger partial charge in [0.25, 0.3) is 0 Å². The molecule has 1 aromatic carbocycles. The fourth-order valence-electron chi connectivity index (χ4n) is 2.26. The van der Waals surface area contributed by atoms with E-state index in [9.17, 15) is 9.18 Å². The second kappa shape index (κ2) is 6.01. The number of carbonyl (C=O) groups excluding carboxylic acids is 1. The monoisotopic (exact) mass is 290 g/mol. The zero-order valence-electron chi connectivity index (χ0n) is 11.3. The van der Waals surface area contributed by atoms with Gasteiger partial charge in [-0.25, -0.2) is 4.39 Å². The summed E-state index contributed by atoms with van der Waals surface area (Å²) >= 11 is 0. The fraction of sp³-hybridized carbons (Fsp3) is 0.357. The first-order chi connectivity index (χ1) is 10.2. The third kappa shape index (κ3) is 3.08. The van der Waals surface area contributed by atoms with Crippen molar-refractivity contribution in [2.24, 2.45) is 5.92 Å². The van der Waals surface area contributed by atoms with Crippen LogP contribution in [0.4, 0.5) is 10.3 Å². The van der Waals surface area contributed by atoms with E-state index in [4.69, 9.17) is 4.74 Å². The second-order valence-electron chi connectivity index (χ2n) is 4.86. The van der Waals surface area contributed by atoms with Crippen LogP contribution in [0, 0.1) is 11.7 Å². The molecule has 1 amide bonds. The lowest BCUT2D eigenvalue weighted by Crippen LogP contribution is -2.28. The van der Waals surface area contributed by atoms with E-state index in [-0.39, 0.29) is 23.6 Å². The summed E-state index contributed by atoms with van der Waals surface area (Å²) in [6.45, 7) is 1.18. The summed E-state index contributed by atoms with van der Waals surface area (Å²) in [4.78, 5) is 16.2. The Morgan fingerprint density at radius 3 is 2.86 bits per heavy atom. The molecule has 110 valence electrons. The lowest BCUT2D eigenvalue weighted by molar-refractivity contribution is -0.122. The van der Waals surface area contributed by atoms with E-state index in [1.54, 1.807) is 18.2 Å². The molecule has 1 aliphatic heterocycles. The topological polar surface area (TPSA) is 79.9 Å². The van der Waals surface area contributed by atoms with E-state index in [1.165, 1.54) is 6.07 Å². The van der Waals surface area contributed by atoms with Crippen LogP contribution in [-0.2, 0) is 9.53 Å². The van der Waals surface area contributed by atoms with Gasteiger partial charge in [0.2, 0.25) is 11.9 Å². The normalized spacial score (nSPS) is 15.9. The predicted molar refractivity (Wildman–Crippen MR) is 73.9 cm³/mol. The molecule has 0 atom stereocenters. The highest BCUT2D eigenvalue weighted by atomic mass is 19.1. The SMILES string of the molecule is O=C(Nc1n[nH]c(-c2ccccc2F)n1)C1CCOCC1. The number of anilines is 1. The van der Waals surface area contributed by atoms with Crippen LogP contribution in [0.15, 0.2) is 24.3 Å². The molecule has 2 aromatic rings. The quantitative estimate of drug-likeness (QED) is 0.905. The molecule has 1 fully saturated rings. The smallest absolute Gasteiger partial charge is 0.249 e. The van der Waals surface area contributed by atoms with Crippen LogP contribution >= 0.6 is 0 Å². The standard InChI is InChI=1S/C14H15FN4O2/c15-11-4-2-1-3-10(11)12-16-14(19-18-12)17-13(20)9-5-7-21-8-6-9/h1-4,9H,5-8H2,(H2,16,17,18,19,20). The maximum Gasteiger partial charge on any atom is 0.249 e. The number of carbonyl (C=O) groups is 1. The van der Waals surface area contributed by atoms with E-state index in [0.29, 0.717) is 31.6 Å². The average Bonchev–Trinajstić information content (AvgIpc) is 2.97. The maximum absolute atomic E-state index is 13.6. The molecule has 2 heterocycles. The molecule has 6 nitrogen and oxygen atoms in total. The van der Waals surface area contributed by atoms with Crippen molar-refractivity contribution in [3.05, 3.63) is 30.1 Å². The van der Waals surface area contributed by atoms with Crippen molar-refractivity contribution in [2.75, 3.05) is 18.5 Å². The van der Waals surface area contributed by atoms with Crippen LogP contribution < -0.4 is 5.32 Å². The minimum atomic E-state index is -0.393. The number of H-pyrrole nitrogens is 1. The van der Waals surface area contributed by atoms with Gasteiger partial charge in [0.1, 0.15) is 5.82 Å². The molecule has 0 unspecified atom stereocenters. The Hall–Kier alpha value is -2.28. The number of amides is 1. The van der Waals surface area contributed by atoms with Crippen LogP contribution in [0.1, 0.15) is 12.8 Å². The van der Waals surface area contributed by atoms with Gasteiger partial charge in [-0.3, -0.25) is 15.2 Å². The molecule has 0 saturated carbocycles. The Bertz CT molecular complexity index is 637. The van der Waals surface area contributed by atoms with Crippen LogP contribution in [0.3, 0.4) is 0 Å². The Kier molecular flexibility index (Phi) is 3.92. The van der Waals surface area contributed by atoms with Gasteiger partial charge in [-0.05, 0) is 25.0 Å². The predicted octanol–water partition coefficient (Wildman–Crippen LogP) is 1.98. The number of hydrogen-bond donors (Lipinski definition) is 2. The summed E-state index contributed by atoms with van der Waals surface area (Å²) in [5, 5.41) is 9.18. The second-order valence-corrected chi connectivity index (χ2v) is 4.86. The van der Waals surface area contributed by atoms with E-state index < -0.39 is 5.82 Å². The lowest BCUT2D eigenvalue weighted by Gasteiger charge is -2.20. The third-order valence-corrected chi connectivity index (χ3v) is 3.44. The van der Waals surface area contributed by atoms with Gasteiger partial charge in [0, 0.05) is 19.1 Å². The maximum atomic E-state index is 13.6. The molecular formula is C14H15FN4O2. The van der Waals surface area contributed by atoms with Crippen molar-refractivity contribution in [2.45, 2.75) is 12.8 Å². The number of nitrogens with one attached hydrogen (secondary N) is 2. The summed E-state index contributed by atoms with van der Waals surface area (Å²) in [7, 11) is 0. The Labute approximate surface area is 120 Å². The number of halogens is 1. The van der Waals surface area contributed by atoms with Gasteiger partial charge in [0.15, 0.2) is 5.82 Å². The first-order valence-corrected chi connectivity index (χ1v) is 6.80. The molecule has 0 spiro atoms. The highest BCUT2D eigenvalue weighted by molar-refractivity contribution is 5.91. The van der Waals surface area contributed by atoms with Crippen molar-refractivity contribution in [3.63, 3.8) is 0 Å². The fourth-order valence-corrected chi connectivity index (χ4v) is 2.26. The van der Waals surface area contributed by atoms with E-state index in [0.717, 1.165) is 0 Å². The molecule has 1 aromatic heterocycles. The molecular weight excluding hydrogens is 275 g/mol.